The average molecular weight is 246 g/mol. The van der Waals surface area contributed by atoms with Gasteiger partial charge in [0.25, 0.3) is 0 Å². The van der Waals surface area contributed by atoms with Crippen LogP contribution in [0.4, 0.5) is 4.39 Å². The quantitative estimate of drug-likeness (QED) is 0.644. The van der Waals surface area contributed by atoms with Gasteiger partial charge in [-0.05, 0) is 35.4 Å². The van der Waals surface area contributed by atoms with E-state index in [1.54, 1.807) is 12.1 Å². The number of aromatic amines is 1. The summed E-state index contributed by atoms with van der Waals surface area (Å²) < 4.78 is 13.1. The zero-order valence-electron chi connectivity index (χ0n) is 8.87. The van der Waals surface area contributed by atoms with Gasteiger partial charge in [-0.2, -0.15) is 0 Å². The van der Waals surface area contributed by atoms with Crippen molar-refractivity contribution >= 4 is 22.5 Å². The minimum atomic E-state index is -0.392. The molecule has 0 atom stereocenters. The Kier molecular flexibility index (Phi) is 2.37. The molecule has 1 N–H and O–H groups in total. The van der Waals surface area contributed by atoms with Crippen LogP contribution in [0.2, 0.25) is 5.02 Å². The molecule has 1 nitrogen and oxygen atoms in total. The Bertz CT molecular complexity index is 688. The SMILES string of the molecule is Fc1ccc(-c2cccc3[nH]ccc23)cc1Cl. The van der Waals surface area contributed by atoms with E-state index in [0.29, 0.717) is 0 Å². The summed E-state index contributed by atoms with van der Waals surface area (Å²) in [5, 5.41) is 1.25. The fraction of sp³-hybridized carbons (Fsp3) is 0. The van der Waals surface area contributed by atoms with E-state index in [1.165, 1.54) is 6.07 Å². The lowest BCUT2D eigenvalue weighted by Gasteiger charge is -2.04. The first-order chi connectivity index (χ1) is 8.25. The maximum atomic E-state index is 13.1. The molecule has 0 amide bonds. The third-order valence-electron chi connectivity index (χ3n) is 2.83. The minimum absolute atomic E-state index is 0.148. The fourth-order valence-corrected chi connectivity index (χ4v) is 2.18. The van der Waals surface area contributed by atoms with Crippen LogP contribution in [0.3, 0.4) is 0 Å². The monoisotopic (exact) mass is 245 g/mol. The van der Waals surface area contributed by atoms with Gasteiger partial charge < -0.3 is 4.98 Å². The van der Waals surface area contributed by atoms with Crippen LogP contribution >= 0.6 is 11.6 Å². The molecule has 84 valence electrons. The summed E-state index contributed by atoms with van der Waals surface area (Å²) in [7, 11) is 0. The van der Waals surface area contributed by atoms with Gasteiger partial charge >= 0.3 is 0 Å². The number of halogens is 2. The van der Waals surface area contributed by atoms with Gasteiger partial charge in [-0.25, -0.2) is 4.39 Å². The zero-order valence-corrected chi connectivity index (χ0v) is 9.63. The first kappa shape index (κ1) is 10.4. The number of benzene rings is 2. The molecular weight excluding hydrogens is 237 g/mol. The van der Waals surface area contributed by atoms with Crippen molar-refractivity contribution in [3.8, 4) is 11.1 Å². The minimum Gasteiger partial charge on any atom is -0.361 e. The van der Waals surface area contributed by atoms with E-state index in [0.717, 1.165) is 22.0 Å². The van der Waals surface area contributed by atoms with Crippen LogP contribution in [0, 0.1) is 5.82 Å². The number of H-pyrrole nitrogens is 1. The second-order valence-corrected chi connectivity index (χ2v) is 4.28. The highest BCUT2D eigenvalue weighted by atomic mass is 35.5. The van der Waals surface area contributed by atoms with Gasteiger partial charge in [0, 0.05) is 17.1 Å². The summed E-state index contributed by atoms with van der Waals surface area (Å²) in [5.74, 6) is -0.392. The molecule has 0 bridgehead atoms. The highest BCUT2D eigenvalue weighted by molar-refractivity contribution is 6.31. The van der Waals surface area contributed by atoms with Gasteiger partial charge in [-0.15, -0.1) is 0 Å². The largest absolute Gasteiger partial charge is 0.361 e. The summed E-state index contributed by atoms with van der Waals surface area (Å²) in [5.41, 5.74) is 3.02. The third-order valence-corrected chi connectivity index (χ3v) is 3.12. The number of aromatic nitrogens is 1. The van der Waals surface area contributed by atoms with Crippen molar-refractivity contribution in [2.24, 2.45) is 0 Å². The average Bonchev–Trinajstić information content (AvgIpc) is 2.80. The molecule has 0 aliphatic heterocycles. The van der Waals surface area contributed by atoms with Crippen LogP contribution in [0.5, 0.6) is 0 Å². The molecule has 0 radical (unpaired) electrons. The molecule has 3 aromatic rings. The van der Waals surface area contributed by atoms with Crippen molar-refractivity contribution < 1.29 is 4.39 Å². The lowest BCUT2D eigenvalue weighted by molar-refractivity contribution is 0.628. The molecule has 3 rings (SSSR count). The summed E-state index contributed by atoms with van der Waals surface area (Å²) >= 11 is 5.81. The van der Waals surface area contributed by atoms with Crippen LogP contribution in [-0.4, -0.2) is 4.98 Å². The predicted octanol–water partition coefficient (Wildman–Crippen LogP) is 4.63. The van der Waals surface area contributed by atoms with Crippen molar-refractivity contribution in [3.05, 3.63) is 59.5 Å². The van der Waals surface area contributed by atoms with E-state index in [-0.39, 0.29) is 5.02 Å². The maximum absolute atomic E-state index is 13.1. The second kappa shape index (κ2) is 3.90. The van der Waals surface area contributed by atoms with Gasteiger partial charge in [0.1, 0.15) is 5.82 Å². The van der Waals surface area contributed by atoms with E-state index in [9.17, 15) is 4.39 Å². The molecule has 0 aliphatic carbocycles. The van der Waals surface area contributed by atoms with E-state index in [2.05, 4.69) is 4.98 Å². The standard InChI is InChI=1S/C14H9ClFN/c15-12-8-9(4-5-13(12)16)10-2-1-3-14-11(10)6-7-17-14/h1-8,17H. The summed E-state index contributed by atoms with van der Waals surface area (Å²) in [6.45, 7) is 0. The molecule has 0 unspecified atom stereocenters. The third kappa shape index (κ3) is 1.71. The maximum Gasteiger partial charge on any atom is 0.141 e. The second-order valence-electron chi connectivity index (χ2n) is 3.87. The lowest BCUT2D eigenvalue weighted by Crippen LogP contribution is -1.82. The van der Waals surface area contributed by atoms with Gasteiger partial charge in [-0.1, -0.05) is 29.8 Å². The number of fused-ring (bicyclic) bond motifs is 1. The number of nitrogens with one attached hydrogen (secondary N) is 1. The molecule has 0 spiro atoms. The Hall–Kier alpha value is -1.80. The summed E-state index contributed by atoms with van der Waals surface area (Å²) in [6, 6.07) is 12.8. The van der Waals surface area contributed by atoms with Gasteiger partial charge in [0.15, 0.2) is 0 Å². The molecule has 0 saturated carbocycles. The van der Waals surface area contributed by atoms with Crippen molar-refractivity contribution in [1.82, 2.24) is 4.98 Å². The Morgan fingerprint density at radius 2 is 1.94 bits per heavy atom. The van der Waals surface area contributed by atoms with Crippen LogP contribution in [0.25, 0.3) is 22.0 Å². The highest BCUT2D eigenvalue weighted by Crippen LogP contribution is 2.30. The van der Waals surface area contributed by atoms with E-state index in [1.807, 2.05) is 30.5 Å². The molecular formula is C14H9ClFN. The molecule has 17 heavy (non-hydrogen) atoms. The normalized spacial score (nSPS) is 10.9. The summed E-state index contributed by atoms with van der Waals surface area (Å²) in [4.78, 5) is 3.15. The van der Waals surface area contributed by atoms with Crippen LogP contribution in [-0.2, 0) is 0 Å². The smallest absolute Gasteiger partial charge is 0.141 e. The number of hydrogen-bond donors (Lipinski definition) is 1. The molecule has 1 heterocycles. The number of hydrogen-bond acceptors (Lipinski definition) is 0. The Morgan fingerprint density at radius 1 is 1.06 bits per heavy atom. The first-order valence-electron chi connectivity index (χ1n) is 5.27. The van der Waals surface area contributed by atoms with Crippen molar-refractivity contribution in [1.29, 1.82) is 0 Å². The molecule has 2 aromatic carbocycles. The van der Waals surface area contributed by atoms with Gasteiger partial charge in [0.2, 0.25) is 0 Å². The topological polar surface area (TPSA) is 15.8 Å². The Balaban J connectivity index is 2.26. The molecule has 1 aromatic heterocycles. The van der Waals surface area contributed by atoms with Crippen molar-refractivity contribution in [3.63, 3.8) is 0 Å². The van der Waals surface area contributed by atoms with E-state index >= 15 is 0 Å². The van der Waals surface area contributed by atoms with E-state index < -0.39 is 5.82 Å². The van der Waals surface area contributed by atoms with Crippen molar-refractivity contribution in [2.75, 3.05) is 0 Å². The molecule has 0 fully saturated rings. The van der Waals surface area contributed by atoms with Crippen LogP contribution in [0.15, 0.2) is 48.7 Å². The Morgan fingerprint density at radius 3 is 2.76 bits per heavy atom. The van der Waals surface area contributed by atoms with Crippen LogP contribution in [0.1, 0.15) is 0 Å². The molecule has 0 aliphatic rings. The van der Waals surface area contributed by atoms with E-state index in [4.69, 9.17) is 11.6 Å². The van der Waals surface area contributed by atoms with Crippen LogP contribution < -0.4 is 0 Å². The van der Waals surface area contributed by atoms with Crippen molar-refractivity contribution in [2.45, 2.75) is 0 Å². The molecule has 0 saturated heterocycles. The highest BCUT2D eigenvalue weighted by Gasteiger charge is 2.06. The summed E-state index contributed by atoms with van der Waals surface area (Å²) in [6.07, 6.45) is 1.89. The Labute approximate surface area is 103 Å². The first-order valence-corrected chi connectivity index (χ1v) is 5.65. The molecule has 3 heteroatoms. The predicted molar refractivity (Wildman–Crippen MR) is 68.7 cm³/mol. The fourth-order valence-electron chi connectivity index (χ4n) is 2.00. The number of rotatable bonds is 1. The zero-order chi connectivity index (χ0) is 11.8. The van der Waals surface area contributed by atoms with Gasteiger partial charge in [0.05, 0.1) is 5.02 Å². The lowest BCUT2D eigenvalue weighted by atomic mass is 10.0. The van der Waals surface area contributed by atoms with Gasteiger partial charge in [-0.3, -0.25) is 0 Å².